The molecule has 3 nitrogen and oxygen atoms in total. The molecule has 0 aliphatic carbocycles. The summed E-state index contributed by atoms with van der Waals surface area (Å²) in [7, 11) is 0. The number of morpholine rings is 1. The van der Waals surface area contributed by atoms with E-state index in [1.54, 1.807) is 0 Å². The van der Waals surface area contributed by atoms with Crippen LogP contribution in [-0.4, -0.2) is 24.2 Å². The van der Waals surface area contributed by atoms with Gasteiger partial charge in [-0.15, -0.1) is 0 Å². The number of nitrogens with one attached hydrogen (secondary N) is 1. The van der Waals surface area contributed by atoms with Crippen LogP contribution in [0, 0.1) is 0 Å². The quantitative estimate of drug-likeness (QED) is 0.501. The molecule has 1 fully saturated rings. The molecule has 0 spiro atoms. The monoisotopic (exact) mass is 331 g/mol. The number of cyclic esters (lactones) is 1. The summed E-state index contributed by atoms with van der Waals surface area (Å²) >= 11 is 0. The lowest BCUT2D eigenvalue weighted by atomic mass is 9.79. The van der Waals surface area contributed by atoms with E-state index in [1.807, 2.05) is 6.07 Å². The van der Waals surface area contributed by atoms with E-state index in [9.17, 15) is 4.79 Å². The van der Waals surface area contributed by atoms with Crippen molar-refractivity contribution in [1.29, 1.82) is 0 Å². The summed E-state index contributed by atoms with van der Waals surface area (Å²) in [5, 5.41) is 3.49. The number of carbonyl (C=O) groups excluding carboxylic acids is 1. The Morgan fingerprint density at radius 2 is 1.79 bits per heavy atom. The van der Waals surface area contributed by atoms with Crippen molar-refractivity contribution in [2.45, 2.75) is 83.3 Å². The van der Waals surface area contributed by atoms with Crippen LogP contribution in [0.2, 0.25) is 0 Å². The van der Waals surface area contributed by atoms with Gasteiger partial charge < -0.3 is 10.1 Å². The average Bonchev–Trinajstić information content (AvgIpc) is 2.58. The van der Waals surface area contributed by atoms with Gasteiger partial charge in [0, 0.05) is 12.5 Å². The Hall–Kier alpha value is -1.35. The fourth-order valence-electron chi connectivity index (χ4n) is 3.78. The van der Waals surface area contributed by atoms with Crippen LogP contribution in [0.5, 0.6) is 0 Å². The fourth-order valence-corrected chi connectivity index (χ4v) is 3.78. The second-order valence-corrected chi connectivity index (χ2v) is 7.09. The Bertz CT molecular complexity index is 488. The van der Waals surface area contributed by atoms with Crippen molar-refractivity contribution < 1.29 is 9.53 Å². The summed E-state index contributed by atoms with van der Waals surface area (Å²) in [6.45, 7) is 4.79. The second kappa shape index (κ2) is 9.83. The molecule has 2 unspecified atom stereocenters. The largest absolute Gasteiger partial charge is 0.456 e. The van der Waals surface area contributed by atoms with Gasteiger partial charge in [-0.25, -0.2) is 0 Å². The number of hydrogen-bond donors (Lipinski definition) is 1. The topological polar surface area (TPSA) is 38.3 Å². The van der Waals surface area contributed by atoms with Crippen molar-refractivity contribution in [3.05, 3.63) is 35.9 Å². The van der Waals surface area contributed by atoms with E-state index < -0.39 is 0 Å². The molecule has 3 heteroatoms. The number of unbranched alkanes of at least 4 members (excludes halogenated alkanes) is 4. The van der Waals surface area contributed by atoms with E-state index in [0.29, 0.717) is 6.54 Å². The SMILES string of the molecule is CCCCCC1NCC(=O)OC1(CCCCC)Cc1ccccc1. The zero-order chi connectivity index (χ0) is 17.3. The van der Waals surface area contributed by atoms with E-state index in [1.165, 1.54) is 37.7 Å². The third kappa shape index (κ3) is 5.34. The van der Waals surface area contributed by atoms with Gasteiger partial charge in [-0.3, -0.25) is 4.79 Å². The highest BCUT2D eigenvalue weighted by Gasteiger charge is 2.44. The van der Waals surface area contributed by atoms with Gasteiger partial charge in [0.1, 0.15) is 5.60 Å². The van der Waals surface area contributed by atoms with Crippen molar-refractivity contribution in [3.63, 3.8) is 0 Å². The van der Waals surface area contributed by atoms with Crippen LogP contribution in [0.4, 0.5) is 0 Å². The van der Waals surface area contributed by atoms with Crippen LogP contribution in [-0.2, 0) is 16.0 Å². The van der Waals surface area contributed by atoms with Gasteiger partial charge in [0.2, 0.25) is 0 Å². The van der Waals surface area contributed by atoms with Crippen molar-refractivity contribution in [1.82, 2.24) is 5.32 Å². The number of esters is 1. The van der Waals surface area contributed by atoms with E-state index in [0.717, 1.165) is 25.7 Å². The standard InChI is InChI=1S/C21H33NO2/c1-3-5-8-14-19-21(15-11-6-4-2,24-20(23)17-22-19)16-18-12-9-7-10-13-18/h7,9-10,12-13,19,22H,3-6,8,11,14-17H2,1-2H3. The third-order valence-electron chi connectivity index (χ3n) is 5.09. The minimum Gasteiger partial charge on any atom is -0.456 e. The third-order valence-corrected chi connectivity index (χ3v) is 5.09. The normalized spacial score (nSPS) is 23.9. The molecule has 0 bridgehead atoms. The Balaban J connectivity index is 2.18. The molecule has 1 aliphatic rings. The lowest BCUT2D eigenvalue weighted by Gasteiger charge is -2.44. The first-order chi connectivity index (χ1) is 11.7. The molecule has 1 aromatic carbocycles. The van der Waals surface area contributed by atoms with Crippen LogP contribution < -0.4 is 5.32 Å². The first kappa shape index (κ1) is 19.0. The minimum absolute atomic E-state index is 0.103. The summed E-state index contributed by atoms with van der Waals surface area (Å²) in [6.07, 6.45) is 9.98. The maximum absolute atomic E-state index is 12.1. The number of hydrogen-bond acceptors (Lipinski definition) is 3. The van der Waals surface area contributed by atoms with Crippen molar-refractivity contribution >= 4 is 5.97 Å². The van der Waals surface area contributed by atoms with Gasteiger partial charge in [-0.1, -0.05) is 76.3 Å². The van der Waals surface area contributed by atoms with Gasteiger partial charge in [0.05, 0.1) is 6.54 Å². The van der Waals surface area contributed by atoms with E-state index >= 15 is 0 Å². The van der Waals surface area contributed by atoms with Gasteiger partial charge in [0.15, 0.2) is 0 Å². The molecule has 134 valence electrons. The smallest absolute Gasteiger partial charge is 0.320 e. The second-order valence-electron chi connectivity index (χ2n) is 7.09. The number of benzene rings is 1. The van der Waals surface area contributed by atoms with Gasteiger partial charge >= 0.3 is 5.97 Å². The highest BCUT2D eigenvalue weighted by molar-refractivity contribution is 5.73. The first-order valence-corrected chi connectivity index (χ1v) is 9.69. The molecule has 1 N–H and O–H groups in total. The summed E-state index contributed by atoms with van der Waals surface area (Å²) in [4.78, 5) is 12.1. The molecule has 24 heavy (non-hydrogen) atoms. The number of rotatable bonds is 10. The van der Waals surface area contributed by atoms with Crippen LogP contribution in [0.25, 0.3) is 0 Å². The van der Waals surface area contributed by atoms with Crippen molar-refractivity contribution in [2.24, 2.45) is 0 Å². The van der Waals surface area contributed by atoms with Crippen LogP contribution in [0.3, 0.4) is 0 Å². The highest BCUT2D eigenvalue weighted by Crippen LogP contribution is 2.33. The van der Waals surface area contributed by atoms with Crippen LogP contribution >= 0.6 is 0 Å². The summed E-state index contributed by atoms with van der Waals surface area (Å²) in [5.41, 5.74) is 0.866. The van der Waals surface area contributed by atoms with Crippen molar-refractivity contribution in [3.8, 4) is 0 Å². The Morgan fingerprint density at radius 1 is 1.08 bits per heavy atom. The van der Waals surface area contributed by atoms with Crippen LogP contribution in [0.15, 0.2) is 30.3 Å². The minimum atomic E-state index is -0.389. The first-order valence-electron chi connectivity index (χ1n) is 9.69. The predicted octanol–water partition coefficient (Wildman–Crippen LogP) is 4.64. The Labute approximate surface area is 147 Å². The summed E-state index contributed by atoms with van der Waals surface area (Å²) in [6, 6.07) is 10.7. The Morgan fingerprint density at radius 3 is 2.50 bits per heavy atom. The molecule has 2 rings (SSSR count). The van der Waals surface area contributed by atoms with Gasteiger partial charge in [-0.05, 0) is 24.8 Å². The predicted molar refractivity (Wildman–Crippen MR) is 99.0 cm³/mol. The lowest BCUT2D eigenvalue weighted by molar-refractivity contribution is -0.172. The molecule has 1 saturated heterocycles. The summed E-state index contributed by atoms with van der Waals surface area (Å²) in [5.74, 6) is -0.103. The lowest BCUT2D eigenvalue weighted by Crippen LogP contribution is -2.61. The fraction of sp³-hybridized carbons (Fsp3) is 0.667. The van der Waals surface area contributed by atoms with E-state index in [4.69, 9.17) is 4.74 Å². The molecular formula is C21H33NO2. The molecule has 2 atom stereocenters. The summed E-state index contributed by atoms with van der Waals surface area (Å²) < 4.78 is 6.07. The van der Waals surface area contributed by atoms with E-state index in [-0.39, 0.29) is 17.6 Å². The molecule has 1 aromatic rings. The molecule has 0 amide bonds. The molecular weight excluding hydrogens is 298 g/mol. The molecule has 0 radical (unpaired) electrons. The van der Waals surface area contributed by atoms with Gasteiger partial charge in [-0.2, -0.15) is 0 Å². The Kier molecular flexibility index (Phi) is 7.77. The average molecular weight is 331 g/mol. The molecule has 1 heterocycles. The maximum atomic E-state index is 12.1. The van der Waals surface area contributed by atoms with Gasteiger partial charge in [0.25, 0.3) is 0 Å². The zero-order valence-electron chi connectivity index (χ0n) is 15.4. The molecule has 0 aromatic heterocycles. The van der Waals surface area contributed by atoms with Crippen LogP contribution in [0.1, 0.15) is 70.8 Å². The molecule has 0 saturated carbocycles. The van der Waals surface area contributed by atoms with Crippen molar-refractivity contribution in [2.75, 3.05) is 6.54 Å². The molecule has 1 aliphatic heterocycles. The highest BCUT2D eigenvalue weighted by atomic mass is 16.6. The zero-order valence-corrected chi connectivity index (χ0v) is 15.4. The number of carbonyl (C=O) groups is 1. The van der Waals surface area contributed by atoms with E-state index in [2.05, 4.69) is 43.4 Å². The maximum Gasteiger partial charge on any atom is 0.320 e. The number of ether oxygens (including phenoxy) is 1.